The molecule has 0 saturated heterocycles. The summed E-state index contributed by atoms with van der Waals surface area (Å²) in [4.78, 5) is 0. The van der Waals surface area contributed by atoms with Gasteiger partial charge in [0.2, 0.25) is 0 Å². The van der Waals surface area contributed by atoms with Gasteiger partial charge in [0.1, 0.15) is 0 Å². The zero-order chi connectivity index (χ0) is 25.1. The van der Waals surface area contributed by atoms with E-state index < -0.39 is 0 Å². The van der Waals surface area contributed by atoms with Crippen LogP contribution in [0.3, 0.4) is 0 Å². The number of rotatable bonds is 3. The Bertz CT molecular complexity index is 1210. The van der Waals surface area contributed by atoms with E-state index in [0.29, 0.717) is 0 Å². The molecule has 0 aliphatic rings. The van der Waals surface area contributed by atoms with Gasteiger partial charge in [0.25, 0.3) is 0 Å². The van der Waals surface area contributed by atoms with E-state index in [0.717, 1.165) is 6.42 Å². The van der Waals surface area contributed by atoms with Crippen LogP contribution in [0.4, 0.5) is 0 Å². The highest BCUT2D eigenvalue weighted by molar-refractivity contribution is 5.81. The molecule has 0 amide bonds. The van der Waals surface area contributed by atoms with Crippen LogP contribution in [0.25, 0.3) is 11.1 Å². The van der Waals surface area contributed by atoms with Crippen LogP contribution in [-0.2, 0) is 6.42 Å². The fourth-order valence-corrected chi connectivity index (χ4v) is 5.92. The molecule has 0 fully saturated rings. The van der Waals surface area contributed by atoms with Gasteiger partial charge in [0.05, 0.1) is 0 Å². The molecule has 0 nitrogen and oxygen atoms in total. The van der Waals surface area contributed by atoms with Crippen LogP contribution in [0.2, 0.25) is 0 Å². The third-order valence-electron chi connectivity index (χ3n) is 9.54. The Balaban J connectivity index is 2.32. The SMILES string of the molecule is Cc1c(C)c(C)c(Cc2c(C)c(C)c(-c3c(C)c(C)c(C)c(C)c3C)c(C)c2C)c(C)c1C. The Morgan fingerprint density at radius 3 is 0.727 bits per heavy atom. The van der Waals surface area contributed by atoms with Crippen molar-refractivity contribution in [1.82, 2.24) is 0 Å². The predicted octanol–water partition coefficient (Wildman–Crippen LogP) is 9.26. The van der Waals surface area contributed by atoms with Gasteiger partial charge < -0.3 is 0 Å². The van der Waals surface area contributed by atoms with Gasteiger partial charge in [0.15, 0.2) is 0 Å². The minimum Gasteiger partial charge on any atom is -0.0447 e. The Morgan fingerprint density at radius 1 is 0.242 bits per heavy atom. The third-order valence-corrected chi connectivity index (χ3v) is 9.54. The summed E-state index contributed by atoms with van der Waals surface area (Å²) in [5.74, 6) is 0. The Hall–Kier alpha value is -2.34. The van der Waals surface area contributed by atoms with Crippen LogP contribution in [0.1, 0.15) is 89.0 Å². The lowest BCUT2D eigenvalue weighted by Crippen LogP contribution is -2.09. The van der Waals surface area contributed by atoms with Gasteiger partial charge in [-0.1, -0.05) is 0 Å². The first-order valence-electron chi connectivity index (χ1n) is 12.5. The van der Waals surface area contributed by atoms with Crippen molar-refractivity contribution < 1.29 is 0 Å². The summed E-state index contributed by atoms with van der Waals surface area (Å²) < 4.78 is 0. The van der Waals surface area contributed by atoms with Crippen molar-refractivity contribution in [2.75, 3.05) is 0 Å². The molecule has 0 saturated carbocycles. The molecule has 0 heteroatoms. The molecule has 0 N–H and O–H groups in total. The average Bonchev–Trinajstić information content (AvgIpc) is 2.79. The minimum absolute atomic E-state index is 1.02. The van der Waals surface area contributed by atoms with E-state index in [-0.39, 0.29) is 0 Å². The van der Waals surface area contributed by atoms with Gasteiger partial charge in [-0.25, -0.2) is 0 Å². The molecule has 3 rings (SSSR count). The maximum Gasteiger partial charge on any atom is -0.00149 e. The van der Waals surface area contributed by atoms with E-state index in [2.05, 4.69) is 96.9 Å². The van der Waals surface area contributed by atoms with Crippen molar-refractivity contribution in [3.63, 3.8) is 0 Å². The highest BCUT2D eigenvalue weighted by atomic mass is 14.3. The molecule has 0 aliphatic heterocycles. The van der Waals surface area contributed by atoms with Crippen LogP contribution in [-0.4, -0.2) is 0 Å². The largest absolute Gasteiger partial charge is 0.0447 e. The second kappa shape index (κ2) is 8.79. The van der Waals surface area contributed by atoms with Crippen LogP contribution in [0, 0.1) is 96.9 Å². The second-order valence-electron chi connectivity index (χ2n) is 10.6. The maximum atomic E-state index is 2.34. The van der Waals surface area contributed by atoms with E-state index in [1.54, 1.807) is 0 Å². The highest BCUT2D eigenvalue weighted by Gasteiger charge is 2.22. The summed E-state index contributed by atoms with van der Waals surface area (Å²) in [5, 5.41) is 0. The van der Waals surface area contributed by atoms with E-state index >= 15 is 0 Å². The molecular formula is C33H44. The lowest BCUT2D eigenvalue weighted by Gasteiger charge is -2.27. The van der Waals surface area contributed by atoms with Crippen molar-refractivity contribution in [2.24, 2.45) is 0 Å². The topological polar surface area (TPSA) is 0 Å². The van der Waals surface area contributed by atoms with Crippen molar-refractivity contribution in [3.8, 4) is 11.1 Å². The first kappa shape index (κ1) is 25.3. The van der Waals surface area contributed by atoms with Gasteiger partial charge in [-0.15, -0.1) is 0 Å². The molecule has 0 spiro atoms. The van der Waals surface area contributed by atoms with Gasteiger partial charge in [-0.3, -0.25) is 0 Å². The van der Waals surface area contributed by atoms with Crippen LogP contribution >= 0.6 is 0 Å². The van der Waals surface area contributed by atoms with E-state index in [9.17, 15) is 0 Å². The van der Waals surface area contributed by atoms with E-state index in [1.165, 1.54) is 100 Å². The first-order chi connectivity index (χ1) is 15.2. The van der Waals surface area contributed by atoms with Gasteiger partial charge >= 0.3 is 0 Å². The molecular weight excluding hydrogens is 396 g/mol. The molecule has 3 aromatic rings. The average molecular weight is 441 g/mol. The lowest BCUT2D eigenvalue weighted by molar-refractivity contribution is 1.03. The molecule has 0 atom stereocenters. The lowest BCUT2D eigenvalue weighted by atomic mass is 9.78. The second-order valence-corrected chi connectivity index (χ2v) is 10.6. The highest BCUT2D eigenvalue weighted by Crippen LogP contribution is 2.41. The van der Waals surface area contributed by atoms with Crippen molar-refractivity contribution in [2.45, 2.75) is 103 Å². The summed E-state index contributed by atoms with van der Waals surface area (Å²) in [5.41, 5.74) is 26.2. The maximum absolute atomic E-state index is 2.34. The predicted molar refractivity (Wildman–Crippen MR) is 147 cm³/mol. The van der Waals surface area contributed by atoms with E-state index in [1.807, 2.05) is 0 Å². The summed E-state index contributed by atoms with van der Waals surface area (Å²) in [6.07, 6.45) is 1.02. The molecule has 0 bridgehead atoms. The number of hydrogen-bond donors (Lipinski definition) is 0. The van der Waals surface area contributed by atoms with Gasteiger partial charge in [-0.05, 0) is 203 Å². The zero-order valence-corrected chi connectivity index (χ0v) is 23.7. The van der Waals surface area contributed by atoms with Crippen LogP contribution in [0.5, 0.6) is 0 Å². The fourth-order valence-electron chi connectivity index (χ4n) is 5.92. The molecule has 0 aromatic heterocycles. The van der Waals surface area contributed by atoms with Gasteiger partial charge in [-0.2, -0.15) is 0 Å². The molecule has 3 aromatic carbocycles. The molecule has 0 aliphatic carbocycles. The summed E-state index contributed by atoms with van der Waals surface area (Å²) >= 11 is 0. The monoisotopic (exact) mass is 440 g/mol. The Morgan fingerprint density at radius 2 is 0.424 bits per heavy atom. The zero-order valence-electron chi connectivity index (χ0n) is 23.7. The molecule has 33 heavy (non-hydrogen) atoms. The smallest absolute Gasteiger partial charge is 0.00149 e. The minimum atomic E-state index is 1.02. The molecule has 0 unspecified atom stereocenters. The first-order valence-corrected chi connectivity index (χ1v) is 12.5. The Labute approximate surface area is 203 Å². The number of hydrogen-bond acceptors (Lipinski definition) is 0. The normalized spacial score (nSPS) is 11.5. The summed E-state index contributed by atoms with van der Waals surface area (Å²) in [6.45, 7) is 32.3. The van der Waals surface area contributed by atoms with Crippen molar-refractivity contribution >= 4 is 0 Å². The third kappa shape index (κ3) is 3.76. The summed E-state index contributed by atoms with van der Waals surface area (Å²) in [7, 11) is 0. The summed E-state index contributed by atoms with van der Waals surface area (Å²) in [6, 6.07) is 0. The standard InChI is InChI=1S/C33H44/c1-16-18(3)22(7)30(23(8)19(16)4)15-31-24(9)28(13)33(29(14)25(31)10)32-26(11)20(5)17(2)21(6)27(32)12/h15H2,1-14H3. The van der Waals surface area contributed by atoms with Gasteiger partial charge in [0, 0.05) is 0 Å². The van der Waals surface area contributed by atoms with Crippen LogP contribution in [0.15, 0.2) is 0 Å². The van der Waals surface area contributed by atoms with Crippen molar-refractivity contribution in [1.29, 1.82) is 0 Å². The number of benzene rings is 3. The molecule has 0 heterocycles. The fraction of sp³-hybridized carbons (Fsp3) is 0.455. The van der Waals surface area contributed by atoms with Crippen LogP contribution < -0.4 is 0 Å². The van der Waals surface area contributed by atoms with Crippen molar-refractivity contribution in [3.05, 3.63) is 89.0 Å². The Kier molecular flexibility index (Phi) is 6.73. The van der Waals surface area contributed by atoms with E-state index in [4.69, 9.17) is 0 Å². The molecule has 0 radical (unpaired) electrons. The molecule has 176 valence electrons. The quantitative estimate of drug-likeness (QED) is 0.380.